The van der Waals surface area contributed by atoms with E-state index in [9.17, 15) is 14.4 Å². The van der Waals surface area contributed by atoms with Crippen LogP contribution < -0.4 is 0 Å². The van der Waals surface area contributed by atoms with Crippen molar-refractivity contribution in [1.82, 2.24) is 0 Å². The fourth-order valence-electron chi connectivity index (χ4n) is 0.939. The summed E-state index contributed by atoms with van der Waals surface area (Å²) in [6.45, 7) is 6.50. The zero-order valence-electron chi connectivity index (χ0n) is 8.78. The van der Waals surface area contributed by atoms with Crippen LogP contribution in [0.5, 0.6) is 0 Å². The maximum atomic E-state index is 11.2. The van der Waals surface area contributed by atoms with Gasteiger partial charge in [0, 0.05) is 6.42 Å². The summed E-state index contributed by atoms with van der Waals surface area (Å²) >= 11 is 0. The van der Waals surface area contributed by atoms with Gasteiger partial charge < -0.3 is 9.84 Å². The van der Waals surface area contributed by atoms with Crippen LogP contribution in [0.15, 0.2) is 12.2 Å². The van der Waals surface area contributed by atoms with Gasteiger partial charge in [0.1, 0.15) is 0 Å². The maximum absolute atomic E-state index is 11.2. The van der Waals surface area contributed by atoms with E-state index in [1.807, 2.05) is 0 Å². The van der Waals surface area contributed by atoms with Crippen LogP contribution in [0.3, 0.4) is 0 Å². The van der Waals surface area contributed by atoms with Gasteiger partial charge >= 0.3 is 17.9 Å². The monoisotopic (exact) mass is 214 g/mol. The fraction of sp³-hybridized carbons (Fsp3) is 0.500. The largest absolute Gasteiger partial charge is 0.480 e. The molecular formula is C10H14O5. The Kier molecular flexibility index (Phi) is 5.30. The first-order valence-corrected chi connectivity index (χ1v) is 4.52. The van der Waals surface area contributed by atoms with Gasteiger partial charge in [-0.1, -0.05) is 19.1 Å². The number of hydrogen-bond acceptors (Lipinski definition) is 4. The smallest absolute Gasteiger partial charge is 0.332 e. The average Bonchev–Trinajstić information content (AvgIpc) is 2.01. The summed E-state index contributed by atoms with van der Waals surface area (Å²) in [5.41, 5.74) is 0.136. The standard InChI is InChI=1S/C10H14O5/c1-4-5-7(11)15-10(14)8(6(2)3)9(12)13/h8H,2,4-5H2,1,3H3,(H,12,13). The molecule has 0 fully saturated rings. The molecule has 0 rings (SSSR count). The predicted molar refractivity (Wildman–Crippen MR) is 51.9 cm³/mol. The second-order valence-electron chi connectivity index (χ2n) is 3.16. The molecule has 0 aliphatic rings. The summed E-state index contributed by atoms with van der Waals surface area (Å²) < 4.78 is 4.36. The van der Waals surface area contributed by atoms with E-state index in [0.29, 0.717) is 6.42 Å². The second-order valence-corrected chi connectivity index (χ2v) is 3.16. The highest BCUT2D eigenvalue weighted by atomic mass is 16.6. The van der Waals surface area contributed by atoms with E-state index >= 15 is 0 Å². The first-order chi connectivity index (χ1) is 6.90. The lowest BCUT2D eigenvalue weighted by molar-refractivity contribution is -0.165. The SMILES string of the molecule is C=C(C)C(C(=O)O)C(=O)OC(=O)CCC. The number of carboxylic acids is 1. The Bertz CT molecular complexity index is 278. The number of hydrogen-bond donors (Lipinski definition) is 1. The Morgan fingerprint density at radius 2 is 1.93 bits per heavy atom. The Labute approximate surface area is 87.7 Å². The number of aliphatic carboxylic acids is 1. The minimum absolute atomic E-state index is 0.0915. The molecular weight excluding hydrogens is 200 g/mol. The molecule has 0 bridgehead atoms. The lowest BCUT2D eigenvalue weighted by Crippen LogP contribution is -2.28. The van der Waals surface area contributed by atoms with Crippen LogP contribution in [-0.4, -0.2) is 23.0 Å². The summed E-state index contributed by atoms with van der Waals surface area (Å²) in [6, 6.07) is 0. The quantitative estimate of drug-likeness (QED) is 0.421. The Morgan fingerprint density at radius 1 is 1.40 bits per heavy atom. The molecule has 0 amide bonds. The molecule has 0 aromatic heterocycles. The van der Waals surface area contributed by atoms with Gasteiger partial charge in [0.2, 0.25) is 0 Å². The first kappa shape index (κ1) is 13.4. The molecule has 0 radical (unpaired) electrons. The van der Waals surface area contributed by atoms with Crippen LogP contribution >= 0.6 is 0 Å². The molecule has 0 aliphatic carbocycles. The van der Waals surface area contributed by atoms with Crippen LogP contribution in [0.4, 0.5) is 0 Å². The molecule has 0 heterocycles. The molecule has 1 N–H and O–H groups in total. The van der Waals surface area contributed by atoms with E-state index < -0.39 is 23.8 Å². The van der Waals surface area contributed by atoms with Crippen LogP contribution in [0, 0.1) is 5.92 Å². The number of rotatable bonds is 5. The Hall–Kier alpha value is -1.65. The van der Waals surface area contributed by atoms with E-state index in [-0.39, 0.29) is 12.0 Å². The van der Waals surface area contributed by atoms with Crippen molar-refractivity contribution < 1.29 is 24.2 Å². The van der Waals surface area contributed by atoms with Gasteiger partial charge in [-0.2, -0.15) is 0 Å². The van der Waals surface area contributed by atoms with Crippen molar-refractivity contribution in [3.8, 4) is 0 Å². The zero-order valence-corrected chi connectivity index (χ0v) is 8.78. The molecule has 5 nitrogen and oxygen atoms in total. The summed E-state index contributed by atoms with van der Waals surface area (Å²) in [6.07, 6.45) is 0.630. The number of carboxylic acid groups (broad SMARTS) is 1. The molecule has 15 heavy (non-hydrogen) atoms. The fourth-order valence-corrected chi connectivity index (χ4v) is 0.939. The van der Waals surface area contributed by atoms with Crippen LogP contribution in [0.1, 0.15) is 26.7 Å². The van der Waals surface area contributed by atoms with Gasteiger partial charge in [0.25, 0.3) is 0 Å². The van der Waals surface area contributed by atoms with Crippen LogP contribution in [0.2, 0.25) is 0 Å². The van der Waals surface area contributed by atoms with Gasteiger partial charge in [-0.3, -0.25) is 14.4 Å². The zero-order chi connectivity index (χ0) is 12.0. The van der Waals surface area contributed by atoms with Crippen molar-refractivity contribution in [2.75, 3.05) is 0 Å². The molecule has 1 unspecified atom stereocenters. The van der Waals surface area contributed by atoms with Crippen LogP contribution in [-0.2, 0) is 19.1 Å². The van der Waals surface area contributed by atoms with E-state index in [2.05, 4.69) is 11.3 Å². The summed E-state index contributed by atoms with van der Waals surface area (Å²) in [5.74, 6) is -4.62. The van der Waals surface area contributed by atoms with Crippen molar-refractivity contribution in [3.63, 3.8) is 0 Å². The van der Waals surface area contributed by atoms with Crippen molar-refractivity contribution in [1.29, 1.82) is 0 Å². The van der Waals surface area contributed by atoms with E-state index in [1.165, 1.54) is 6.92 Å². The summed E-state index contributed by atoms with van der Waals surface area (Å²) in [4.78, 5) is 32.8. The number of carbonyl (C=O) groups excluding carboxylic acids is 2. The number of ether oxygens (including phenoxy) is 1. The summed E-state index contributed by atoms with van der Waals surface area (Å²) in [5, 5.41) is 8.68. The second kappa shape index (κ2) is 5.95. The molecule has 0 spiro atoms. The van der Waals surface area contributed by atoms with Crippen molar-refractivity contribution in [2.24, 2.45) is 5.92 Å². The van der Waals surface area contributed by atoms with Crippen LogP contribution in [0.25, 0.3) is 0 Å². The van der Waals surface area contributed by atoms with Crippen molar-refractivity contribution >= 4 is 17.9 Å². The van der Waals surface area contributed by atoms with Gasteiger partial charge in [-0.05, 0) is 13.3 Å². The third-order valence-electron chi connectivity index (χ3n) is 1.64. The maximum Gasteiger partial charge on any atom is 0.332 e. The molecule has 0 saturated carbocycles. The van der Waals surface area contributed by atoms with Crippen molar-refractivity contribution in [3.05, 3.63) is 12.2 Å². The molecule has 0 aromatic rings. The lowest BCUT2D eigenvalue weighted by Gasteiger charge is -2.09. The van der Waals surface area contributed by atoms with Gasteiger partial charge in [0.15, 0.2) is 5.92 Å². The van der Waals surface area contributed by atoms with Crippen molar-refractivity contribution in [2.45, 2.75) is 26.7 Å². The molecule has 0 saturated heterocycles. The Morgan fingerprint density at radius 3 is 2.27 bits per heavy atom. The van der Waals surface area contributed by atoms with Gasteiger partial charge in [-0.15, -0.1) is 0 Å². The molecule has 0 aromatic carbocycles. The minimum Gasteiger partial charge on any atom is -0.480 e. The van der Waals surface area contributed by atoms with E-state index in [1.54, 1.807) is 6.92 Å². The predicted octanol–water partition coefficient (Wildman–Crippen LogP) is 1.13. The minimum atomic E-state index is -1.47. The third-order valence-corrected chi connectivity index (χ3v) is 1.64. The normalized spacial score (nSPS) is 11.6. The number of carbonyl (C=O) groups is 3. The Balaban J connectivity index is 4.47. The molecule has 1 atom stereocenters. The number of esters is 2. The van der Waals surface area contributed by atoms with E-state index in [0.717, 1.165) is 0 Å². The summed E-state index contributed by atoms with van der Waals surface area (Å²) in [7, 11) is 0. The average molecular weight is 214 g/mol. The highest BCUT2D eigenvalue weighted by molar-refractivity contribution is 6.00. The molecule has 84 valence electrons. The molecule has 5 heteroatoms. The first-order valence-electron chi connectivity index (χ1n) is 4.52. The third kappa shape index (κ3) is 4.39. The topological polar surface area (TPSA) is 80.7 Å². The van der Waals surface area contributed by atoms with E-state index in [4.69, 9.17) is 5.11 Å². The lowest BCUT2D eigenvalue weighted by atomic mass is 10.0. The highest BCUT2D eigenvalue weighted by Gasteiger charge is 2.30. The molecule has 0 aliphatic heterocycles. The highest BCUT2D eigenvalue weighted by Crippen LogP contribution is 2.11. The van der Waals surface area contributed by atoms with Gasteiger partial charge in [0.05, 0.1) is 0 Å². The van der Waals surface area contributed by atoms with Gasteiger partial charge in [-0.25, -0.2) is 0 Å².